The van der Waals surface area contributed by atoms with E-state index >= 15 is 0 Å². The number of aryl methyl sites for hydroxylation is 2. The van der Waals surface area contributed by atoms with Gasteiger partial charge in [0, 0.05) is 6.07 Å². The minimum absolute atomic E-state index is 0.319. The van der Waals surface area contributed by atoms with Gasteiger partial charge in [-0.1, -0.05) is 6.07 Å². The summed E-state index contributed by atoms with van der Waals surface area (Å²) in [5.41, 5.74) is 3.76. The second kappa shape index (κ2) is 7.99. The maximum Gasteiger partial charge on any atom is 0.262 e. The maximum atomic E-state index is 13.2. The minimum atomic E-state index is -3.78. The molecule has 0 unspecified atom stereocenters. The first-order chi connectivity index (χ1) is 12.2. The van der Waals surface area contributed by atoms with Gasteiger partial charge in [0.25, 0.3) is 10.0 Å². The first-order valence-corrected chi connectivity index (χ1v) is 10.2. The third-order valence-corrected chi connectivity index (χ3v) is 6.01. The molecule has 0 atom stereocenters. The summed E-state index contributed by atoms with van der Waals surface area (Å²) in [7, 11) is -3.78. The zero-order chi connectivity index (χ0) is 19.5. The van der Waals surface area contributed by atoms with Gasteiger partial charge in [-0.15, -0.1) is 0 Å². The molecule has 0 aliphatic heterocycles. The third-order valence-electron chi connectivity index (χ3n) is 4.37. The van der Waals surface area contributed by atoms with Crippen molar-refractivity contribution in [3.05, 3.63) is 46.5 Å². The number of nitrogens with one attached hydrogen (secondary N) is 1. The Morgan fingerprint density at radius 3 is 2.00 bits per heavy atom. The molecule has 0 amide bonds. The number of anilines is 1. The molecule has 0 spiro atoms. The van der Waals surface area contributed by atoms with Gasteiger partial charge in [0.2, 0.25) is 0 Å². The van der Waals surface area contributed by atoms with Crippen LogP contribution in [0.4, 0.5) is 5.69 Å². The zero-order valence-corrected chi connectivity index (χ0v) is 17.1. The van der Waals surface area contributed by atoms with Crippen molar-refractivity contribution in [3.63, 3.8) is 0 Å². The molecule has 26 heavy (non-hydrogen) atoms. The van der Waals surface area contributed by atoms with Crippen molar-refractivity contribution in [2.75, 3.05) is 17.9 Å². The van der Waals surface area contributed by atoms with Crippen molar-refractivity contribution in [1.82, 2.24) is 0 Å². The zero-order valence-electron chi connectivity index (χ0n) is 16.3. The number of hydrogen-bond acceptors (Lipinski definition) is 4. The van der Waals surface area contributed by atoms with Gasteiger partial charge in [-0.25, -0.2) is 8.42 Å². The average Bonchev–Trinajstić information content (AvgIpc) is 2.55. The number of sulfonamides is 1. The molecule has 5 nitrogen and oxygen atoms in total. The van der Waals surface area contributed by atoms with Crippen molar-refractivity contribution >= 4 is 15.7 Å². The molecule has 2 aromatic rings. The number of ether oxygens (including phenoxy) is 2. The average molecular weight is 378 g/mol. The molecule has 0 bridgehead atoms. The van der Waals surface area contributed by atoms with E-state index in [1.54, 1.807) is 18.2 Å². The summed E-state index contributed by atoms with van der Waals surface area (Å²) >= 11 is 0. The highest BCUT2D eigenvalue weighted by molar-refractivity contribution is 7.92. The molecule has 0 heterocycles. The predicted molar refractivity (Wildman–Crippen MR) is 105 cm³/mol. The van der Waals surface area contributed by atoms with Gasteiger partial charge in [0.15, 0.2) is 0 Å². The van der Waals surface area contributed by atoms with Crippen LogP contribution in [-0.4, -0.2) is 21.6 Å². The predicted octanol–water partition coefficient (Wildman–Crippen LogP) is 4.52. The van der Waals surface area contributed by atoms with E-state index in [1.165, 1.54) is 0 Å². The van der Waals surface area contributed by atoms with Gasteiger partial charge in [-0.2, -0.15) is 0 Å². The molecule has 1 N–H and O–H groups in total. The van der Waals surface area contributed by atoms with E-state index in [0.29, 0.717) is 35.3 Å². The molecule has 0 fully saturated rings. The lowest BCUT2D eigenvalue weighted by Crippen LogP contribution is -2.17. The Hall–Kier alpha value is -2.21. The summed E-state index contributed by atoms with van der Waals surface area (Å²) in [6.07, 6.45) is 0. The summed E-state index contributed by atoms with van der Waals surface area (Å²) in [5, 5.41) is 0. The molecule has 2 aromatic carbocycles. The molecule has 0 aromatic heterocycles. The standard InChI is InChI=1S/C20H27NO4S/c1-7-24-17-9-10-19(25-8-2)18(12-17)21-26(22,23)20-15(5)13(3)11-14(4)16(20)6/h9-12,21H,7-8H2,1-6H3. The van der Waals surface area contributed by atoms with E-state index in [0.717, 1.165) is 22.3 Å². The number of rotatable bonds is 7. The van der Waals surface area contributed by atoms with Crippen molar-refractivity contribution in [2.24, 2.45) is 0 Å². The molecule has 142 valence electrons. The lowest BCUT2D eigenvalue weighted by molar-refractivity contribution is 0.332. The summed E-state index contributed by atoms with van der Waals surface area (Å²) in [6.45, 7) is 12.2. The second-order valence-electron chi connectivity index (χ2n) is 6.22. The number of hydrogen-bond donors (Lipinski definition) is 1. The first kappa shape index (κ1) is 20.1. The van der Waals surface area contributed by atoms with Crippen LogP contribution in [-0.2, 0) is 10.0 Å². The van der Waals surface area contributed by atoms with Gasteiger partial charge in [-0.3, -0.25) is 4.72 Å². The molecule has 0 saturated carbocycles. The van der Waals surface area contributed by atoms with E-state index < -0.39 is 10.0 Å². The summed E-state index contributed by atoms with van der Waals surface area (Å²) in [4.78, 5) is 0.319. The molecule has 6 heteroatoms. The van der Waals surface area contributed by atoms with Crippen molar-refractivity contribution < 1.29 is 17.9 Å². The van der Waals surface area contributed by atoms with Crippen LogP contribution in [0.5, 0.6) is 11.5 Å². The topological polar surface area (TPSA) is 64.6 Å². The van der Waals surface area contributed by atoms with Crippen LogP contribution in [0.2, 0.25) is 0 Å². The lowest BCUT2D eigenvalue weighted by Gasteiger charge is -2.18. The van der Waals surface area contributed by atoms with E-state index in [-0.39, 0.29) is 0 Å². The summed E-state index contributed by atoms with van der Waals surface area (Å²) < 4.78 is 40.1. The van der Waals surface area contributed by atoms with Crippen LogP contribution in [0.1, 0.15) is 36.1 Å². The molecular weight excluding hydrogens is 350 g/mol. The highest BCUT2D eigenvalue weighted by Gasteiger charge is 2.23. The quantitative estimate of drug-likeness (QED) is 0.770. The van der Waals surface area contributed by atoms with E-state index in [1.807, 2.05) is 47.6 Å². The van der Waals surface area contributed by atoms with E-state index in [2.05, 4.69) is 4.72 Å². The summed E-state index contributed by atoms with van der Waals surface area (Å²) in [6, 6.07) is 7.14. The van der Waals surface area contributed by atoms with Crippen LogP contribution in [0.25, 0.3) is 0 Å². The smallest absolute Gasteiger partial charge is 0.262 e. The Balaban J connectivity index is 2.55. The fraction of sp³-hybridized carbons (Fsp3) is 0.400. The SMILES string of the molecule is CCOc1ccc(OCC)c(NS(=O)(=O)c2c(C)c(C)cc(C)c2C)c1. The fourth-order valence-electron chi connectivity index (χ4n) is 2.91. The van der Waals surface area contributed by atoms with E-state index in [9.17, 15) is 8.42 Å². The molecule has 0 saturated heterocycles. The maximum absolute atomic E-state index is 13.2. The Kier molecular flexibility index (Phi) is 6.18. The van der Waals surface area contributed by atoms with Crippen molar-refractivity contribution in [3.8, 4) is 11.5 Å². The Bertz CT molecular complexity index is 878. The van der Waals surface area contributed by atoms with Crippen LogP contribution in [0.3, 0.4) is 0 Å². The second-order valence-corrected chi connectivity index (χ2v) is 7.84. The fourth-order valence-corrected chi connectivity index (χ4v) is 4.59. The van der Waals surface area contributed by atoms with Gasteiger partial charge in [0.1, 0.15) is 11.5 Å². The van der Waals surface area contributed by atoms with Crippen LogP contribution >= 0.6 is 0 Å². The largest absolute Gasteiger partial charge is 0.494 e. The minimum Gasteiger partial charge on any atom is -0.494 e. The van der Waals surface area contributed by atoms with Crippen molar-refractivity contribution in [2.45, 2.75) is 46.4 Å². The van der Waals surface area contributed by atoms with Gasteiger partial charge in [0.05, 0.1) is 23.8 Å². The Morgan fingerprint density at radius 2 is 1.46 bits per heavy atom. The van der Waals surface area contributed by atoms with Crippen molar-refractivity contribution in [1.29, 1.82) is 0 Å². The molecule has 0 aliphatic rings. The molecule has 0 radical (unpaired) electrons. The lowest BCUT2D eigenvalue weighted by atomic mass is 10.0. The molecule has 2 rings (SSSR count). The van der Waals surface area contributed by atoms with Crippen LogP contribution < -0.4 is 14.2 Å². The van der Waals surface area contributed by atoms with Crippen LogP contribution in [0.15, 0.2) is 29.2 Å². The highest BCUT2D eigenvalue weighted by Crippen LogP contribution is 2.33. The summed E-state index contributed by atoms with van der Waals surface area (Å²) in [5.74, 6) is 1.06. The van der Waals surface area contributed by atoms with Gasteiger partial charge >= 0.3 is 0 Å². The van der Waals surface area contributed by atoms with Gasteiger partial charge < -0.3 is 9.47 Å². The Morgan fingerprint density at radius 1 is 0.885 bits per heavy atom. The highest BCUT2D eigenvalue weighted by atomic mass is 32.2. The monoisotopic (exact) mass is 377 g/mol. The molecule has 0 aliphatic carbocycles. The van der Waals surface area contributed by atoms with Crippen LogP contribution in [0, 0.1) is 27.7 Å². The van der Waals surface area contributed by atoms with Gasteiger partial charge in [-0.05, 0) is 75.9 Å². The van der Waals surface area contributed by atoms with E-state index in [4.69, 9.17) is 9.47 Å². The molecular formula is C20H27NO4S. The normalized spacial score (nSPS) is 11.3. The first-order valence-electron chi connectivity index (χ1n) is 8.71. The number of benzene rings is 2. The Labute approximate surface area is 156 Å². The third kappa shape index (κ3) is 4.12.